The smallest absolute Gasteiger partial charge is 0.305 e. The van der Waals surface area contributed by atoms with Gasteiger partial charge in [-0.15, -0.1) is 0 Å². The molecule has 2 atom stereocenters. The fraction of sp³-hybridized carbons (Fsp3) is 0.261. The average molecular weight is 941 g/mol. The number of benzene rings is 2. The van der Waals surface area contributed by atoms with E-state index in [-0.39, 0.29) is 26.1 Å². The number of aliphatic carboxylic acids is 2. The van der Waals surface area contributed by atoms with Crippen molar-refractivity contribution in [3.8, 4) is 33.8 Å². The Morgan fingerprint density at radius 3 is 1.37 bits per heavy atom. The van der Waals surface area contributed by atoms with E-state index in [1.807, 2.05) is 111 Å². The first-order chi connectivity index (χ1) is 29.1. The summed E-state index contributed by atoms with van der Waals surface area (Å²) in [4.78, 5) is 40.4. The maximum absolute atomic E-state index is 11.4. The minimum atomic E-state index is -0.917. The second-order valence-corrected chi connectivity index (χ2v) is 15.6. The number of H-pyrrole nitrogens is 2. The Bertz CT molecular complexity index is 2440. The Morgan fingerprint density at radius 1 is 0.583 bits per heavy atom. The van der Waals surface area contributed by atoms with Crippen LogP contribution in [0.5, 0.6) is 11.5 Å². The van der Waals surface area contributed by atoms with E-state index >= 15 is 0 Å². The van der Waals surface area contributed by atoms with Crippen LogP contribution >= 0.6 is 31.9 Å². The van der Waals surface area contributed by atoms with Gasteiger partial charge < -0.3 is 39.1 Å². The molecule has 2 aliphatic heterocycles. The molecule has 0 radical (unpaired) electrons. The van der Waals surface area contributed by atoms with Gasteiger partial charge in [-0.2, -0.15) is 0 Å². The number of aromatic nitrogens is 4. The van der Waals surface area contributed by atoms with Crippen molar-refractivity contribution in [3.63, 3.8) is 0 Å². The van der Waals surface area contributed by atoms with Gasteiger partial charge in [-0.25, -0.2) is 9.97 Å². The molecule has 2 unspecified atom stereocenters. The summed E-state index contributed by atoms with van der Waals surface area (Å²) in [6, 6.07) is 23.5. The number of carboxylic acid groups (broad SMARTS) is 2. The standard InChI is InChI=1S/C46H44Br2N4O8/c1-3-57-27(25-41(53)54)21-23-59-39-11-7-5-9-29(39)43-31-13-17-35(49-31)45(47)37-19-15-33(51-37)44(34-16-20-38(52-34)46(48)36-18-14-32(43)50-36)30-10-6-8-12-40(30)60-24-22-28(58-4-2)26-42(55)56/h5-20,27-28,49,52H,3-4,21-26H2,1-2H3,(H,53,54)(H,55,56). The summed E-state index contributed by atoms with van der Waals surface area (Å²) in [6.45, 7) is 5.03. The van der Waals surface area contributed by atoms with Crippen molar-refractivity contribution in [3.05, 3.63) is 105 Å². The first-order valence-corrected chi connectivity index (χ1v) is 21.3. The third kappa shape index (κ3) is 9.90. The zero-order valence-electron chi connectivity index (χ0n) is 33.0. The molecule has 3 aromatic heterocycles. The summed E-state index contributed by atoms with van der Waals surface area (Å²) in [5.74, 6) is -0.590. The highest BCUT2D eigenvalue weighted by Crippen LogP contribution is 2.40. The van der Waals surface area contributed by atoms with E-state index in [1.165, 1.54) is 0 Å². The van der Waals surface area contributed by atoms with Crippen molar-refractivity contribution >= 4 is 90.2 Å². The summed E-state index contributed by atoms with van der Waals surface area (Å²) in [5.41, 5.74) is 9.26. The predicted molar refractivity (Wildman–Crippen MR) is 241 cm³/mol. The quantitative estimate of drug-likeness (QED) is 0.0650. The van der Waals surface area contributed by atoms with E-state index in [1.54, 1.807) is 0 Å². The Hall–Kier alpha value is -5.54. The van der Waals surface area contributed by atoms with Crippen molar-refractivity contribution in [2.75, 3.05) is 26.4 Å². The van der Waals surface area contributed by atoms with Crippen molar-refractivity contribution < 1.29 is 38.7 Å². The van der Waals surface area contributed by atoms with Gasteiger partial charge in [-0.05, 0) is 106 Å². The summed E-state index contributed by atoms with van der Waals surface area (Å²) in [6.07, 6.45) is 7.56. The first kappa shape index (κ1) is 42.6. The molecule has 60 heavy (non-hydrogen) atoms. The zero-order valence-corrected chi connectivity index (χ0v) is 36.2. The Labute approximate surface area is 363 Å². The van der Waals surface area contributed by atoms with Gasteiger partial charge in [0.15, 0.2) is 0 Å². The molecule has 5 heterocycles. The van der Waals surface area contributed by atoms with Crippen molar-refractivity contribution in [2.24, 2.45) is 0 Å². The number of carboxylic acids is 2. The fourth-order valence-corrected chi connectivity index (χ4v) is 8.16. The van der Waals surface area contributed by atoms with Gasteiger partial charge in [0.05, 0.1) is 81.0 Å². The van der Waals surface area contributed by atoms with Gasteiger partial charge in [-0.1, -0.05) is 36.4 Å². The molecule has 5 aromatic rings. The van der Waals surface area contributed by atoms with Crippen LogP contribution in [0.25, 0.3) is 68.6 Å². The van der Waals surface area contributed by atoms with E-state index in [4.69, 9.17) is 28.9 Å². The number of nitrogens with zero attached hydrogens (tertiary/aromatic N) is 2. The molecule has 2 aliphatic rings. The first-order valence-electron chi connectivity index (χ1n) is 19.7. The Balaban J connectivity index is 1.35. The zero-order chi connectivity index (χ0) is 42.2. The summed E-state index contributed by atoms with van der Waals surface area (Å²) < 4.78 is 25.6. The van der Waals surface area contributed by atoms with Crippen LogP contribution < -0.4 is 9.47 Å². The molecule has 0 amide bonds. The molecule has 14 heteroatoms. The molecule has 0 saturated carbocycles. The summed E-state index contributed by atoms with van der Waals surface area (Å²) in [7, 11) is 0. The number of ether oxygens (including phenoxy) is 4. The SMILES string of the molecule is CCOC(CCOc1ccccc1-c1c2nc(c(Br)c3ccc([nH]3)c(-c3ccccc3OCCC(CC(=O)O)OCC)c3nc(c(Br)c4ccc1[nH]4)C=C3)C=C2)CC(=O)O. The van der Waals surface area contributed by atoms with Crippen molar-refractivity contribution in [2.45, 2.75) is 51.7 Å². The second kappa shape index (κ2) is 19.7. The molecule has 7 rings (SSSR count). The predicted octanol–water partition coefficient (Wildman–Crippen LogP) is 10.8. The van der Waals surface area contributed by atoms with Gasteiger partial charge in [0, 0.05) is 59.3 Å². The molecule has 8 bridgehead atoms. The van der Waals surface area contributed by atoms with E-state index < -0.39 is 24.1 Å². The number of carbonyl (C=O) groups is 2. The van der Waals surface area contributed by atoms with Crippen LogP contribution in [0.3, 0.4) is 0 Å². The second-order valence-electron chi connectivity index (χ2n) is 14.0. The number of aromatic amines is 2. The van der Waals surface area contributed by atoms with Gasteiger partial charge in [0.25, 0.3) is 0 Å². The van der Waals surface area contributed by atoms with Crippen LogP contribution in [0.4, 0.5) is 0 Å². The molecular weight excluding hydrogens is 896 g/mol. The fourth-order valence-electron chi connectivity index (χ4n) is 7.25. The Kier molecular flexibility index (Phi) is 14.0. The van der Waals surface area contributed by atoms with Gasteiger partial charge in [-0.3, -0.25) is 9.59 Å². The third-order valence-corrected chi connectivity index (χ3v) is 11.6. The number of hydrogen-bond donors (Lipinski definition) is 4. The number of fused-ring (bicyclic) bond motifs is 8. The minimum absolute atomic E-state index is 0.102. The molecule has 0 fully saturated rings. The third-order valence-electron chi connectivity index (χ3n) is 9.94. The van der Waals surface area contributed by atoms with Gasteiger partial charge >= 0.3 is 11.9 Å². The lowest BCUT2D eigenvalue weighted by molar-refractivity contribution is -0.141. The number of halogens is 2. The van der Waals surface area contributed by atoms with Crippen LogP contribution in [-0.2, 0) is 19.1 Å². The van der Waals surface area contributed by atoms with Crippen LogP contribution in [0.15, 0.2) is 81.7 Å². The highest BCUT2D eigenvalue weighted by atomic mass is 79.9. The number of hydrogen-bond acceptors (Lipinski definition) is 8. The molecular formula is C46H44Br2N4O8. The summed E-state index contributed by atoms with van der Waals surface area (Å²) >= 11 is 7.71. The molecule has 4 N–H and O–H groups in total. The minimum Gasteiger partial charge on any atom is -0.493 e. The highest BCUT2D eigenvalue weighted by Gasteiger charge is 2.21. The molecule has 0 spiro atoms. The lowest BCUT2D eigenvalue weighted by Gasteiger charge is -2.17. The molecule has 0 aliphatic carbocycles. The summed E-state index contributed by atoms with van der Waals surface area (Å²) in [5, 5.41) is 18.8. The monoisotopic (exact) mass is 938 g/mol. The van der Waals surface area contributed by atoms with E-state index in [2.05, 4.69) is 41.8 Å². The van der Waals surface area contributed by atoms with Crippen LogP contribution in [0.2, 0.25) is 0 Å². The molecule has 12 nitrogen and oxygen atoms in total. The van der Waals surface area contributed by atoms with Gasteiger partial charge in [0.1, 0.15) is 11.5 Å². The lowest BCUT2D eigenvalue weighted by atomic mass is 10.0. The molecule has 0 saturated heterocycles. The number of nitrogens with one attached hydrogen (secondary N) is 2. The Morgan fingerprint density at radius 2 is 0.967 bits per heavy atom. The van der Waals surface area contributed by atoms with Gasteiger partial charge in [0.2, 0.25) is 0 Å². The van der Waals surface area contributed by atoms with Crippen molar-refractivity contribution in [1.82, 2.24) is 19.9 Å². The van der Waals surface area contributed by atoms with Crippen LogP contribution in [0.1, 0.15) is 62.3 Å². The van der Waals surface area contributed by atoms with Crippen LogP contribution in [-0.4, -0.2) is 80.7 Å². The molecule has 310 valence electrons. The van der Waals surface area contributed by atoms with Crippen LogP contribution in [0, 0.1) is 0 Å². The van der Waals surface area contributed by atoms with E-state index in [0.717, 1.165) is 53.3 Å². The number of para-hydroxylation sites is 2. The average Bonchev–Trinajstić information content (AvgIpc) is 4.07. The van der Waals surface area contributed by atoms with E-state index in [9.17, 15) is 19.8 Å². The normalized spacial score (nSPS) is 13.0. The molecule has 2 aromatic carbocycles. The maximum atomic E-state index is 11.4. The largest absolute Gasteiger partial charge is 0.493 e. The highest BCUT2D eigenvalue weighted by molar-refractivity contribution is 9.11. The maximum Gasteiger partial charge on any atom is 0.305 e. The van der Waals surface area contributed by atoms with Crippen molar-refractivity contribution in [1.29, 1.82) is 0 Å². The topological polar surface area (TPSA) is 169 Å². The lowest BCUT2D eigenvalue weighted by Crippen LogP contribution is -2.20. The van der Waals surface area contributed by atoms with E-state index in [0.29, 0.717) is 60.3 Å². The number of rotatable bonds is 18.